The number of aryl methyl sites for hydroxylation is 1. The van der Waals surface area contributed by atoms with E-state index in [4.69, 9.17) is 0 Å². The summed E-state index contributed by atoms with van der Waals surface area (Å²) in [5.74, 6) is -0.248. The Labute approximate surface area is 126 Å². The minimum Gasteiger partial charge on any atom is -0.301 e. The Kier molecular flexibility index (Phi) is 4.53. The smallest absolute Gasteiger partial charge is 0.291 e. The average molecular weight is 326 g/mol. The zero-order valence-electron chi connectivity index (χ0n) is 11.5. The number of anilines is 2. The van der Waals surface area contributed by atoms with Crippen LogP contribution in [0.2, 0.25) is 0 Å². The van der Waals surface area contributed by atoms with E-state index >= 15 is 0 Å². The maximum Gasteiger partial charge on any atom is 0.291 e. The molecule has 0 spiro atoms. The van der Waals surface area contributed by atoms with Crippen LogP contribution in [0.1, 0.15) is 18.9 Å². The van der Waals surface area contributed by atoms with E-state index in [1.807, 2.05) is 13.0 Å². The van der Waals surface area contributed by atoms with Gasteiger partial charge in [-0.1, -0.05) is 30.4 Å². The maximum absolute atomic E-state index is 12.2. The summed E-state index contributed by atoms with van der Waals surface area (Å²) in [5.41, 5.74) is 1.38. The number of nitrogens with one attached hydrogen (secondary N) is 2. The lowest BCUT2D eigenvalue weighted by atomic mass is 10.2. The third-order valence-electron chi connectivity index (χ3n) is 2.47. The number of hydrogen-bond acceptors (Lipinski definition) is 6. The fourth-order valence-corrected chi connectivity index (χ4v) is 3.45. The summed E-state index contributed by atoms with van der Waals surface area (Å²) in [7, 11) is -3.81. The van der Waals surface area contributed by atoms with Crippen LogP contribution in [-0.2, 0) is 14.8 Å². The van der Waals surface area contributed by atoms with E-state index in [0.29, 0.717) is 5.69 Å². The highest BCUT2D eigenvalue weighted by Gasteiger charge is 2.20. The molecular weight excluding hydrogens is 312 g/mol. The van der Waals surface area contributed by atoms with Crippen LogP contribution in [0.3, 0.4) is 0 Å². The average Bonchev–Trinajstić information content (AvgIpc) is 2.87. The van der Waals surface area contributed by atoms with Crippen LogP contribution in [0, 0.1) is 6.92 Å². The standard InChI is InChI=1S/C12H14N4O3S2/c1-3-10(17)13-11-14-15-12(20-11)21(18,19)16-9-6-4-5-8(2)7-9/h4-7,16H,3H2,1-2H3,(H,13,14,17). The molecule has 0 radical (unpaired) electrons. The molecule has 2 aromatic rings. The second-order valence-electron chi connectivity index (χ2n) is 4.25. The Morgan fingerprint density at radius 1 is 1.33 bits per heavy atom. The van der Waals surface area contributed by atoms with E-state index in [2.05, 4.69) is 20.2 Å². The van der Waals surface area contributed by atoms with Crippen molar-refractivity contribution in [3.05, 3.63) is 29.8 Å². The van der Waals surface area contributed by atoms with Crippen LogP contribution in [0.15, 0.2) is 28.6 Å². The first-order valence-corrected chi connectivity index (χ1v) is 8.43. The molecule has 1 aromatic heterocycles. The fraction of sp³-hybridized carbons (Fsp3) is 0.250. The van der Waals surface area contributed by atoms with Crippen LogP contribution < -0.4 is 10.0 Å². The predicted molar refractivity (Wildman–Crippen MR) is 80.8 cm³/mol. The highest BCUT2D eigenvalue weighted by atomic mass is 32.2. The van der Waals surface area contributed by atoms with E-state index in [-0.39, 0.29) is 21.8 Å². The minimum atomic E-state index is -3.81. The summed E-state index contributed by atoms with van der Waals surface area (Å²) in [6.45, 7) is 3.55. The van der Waals surface area contributed by atoms with E-state index in [1.54, 1.807) is 25.1 Å². The van der Waals surface area contributed by atoms with Gasteiger partial charge in [-0.2, -0.15) is 8.42 Å². The molecule has 0 saturated carbocycles. The van der Waals surface area contributed by atoms with Gasteiger partial charge >= 0.3 is 0 Å². The van der Waals surface area contributed by atoms with Gasteiger partial charge in [-0.05, 0) is 24.6 Å². The largest absolute Gasteiger partial charge is 0.301 e. The molecule has 2 rings (SSSR count). The van der Waals surface area contributed by atoms with Crippen LogP contribution in [0.5, 0.6) is 0 Å². The van der Waals surface area contributed by atoms with Gasteiger partial charge in [-0.25, -0.2) is 0 Å². The highest BCUT2D eigenvalue weighted by molar-refractivity contribution is 7.94. The van der Waals surface area contributed by atoms with Gasteiger partial charge in [-0.3, -0.25) is 9.52 Å². The third kappa shape index (κ3) is 3.99. The Hall–Kier alpha value is -2.00. The minimum absolute atomic E-state index is 0.159. The normalized spacial score (nSPS) is 11.1. The van der Waals surface area contributed by atoms with Gasteiger partial charge in [0.1, 0.15) is 0 Å². The number of hydrogen-bond donors (Lipinski definition) is 2. The number of carbonyl (C=O) groups excluding carboxylic acids is 1. The second kappa shape index (κ2) is 6.19. The number of aromatic nitrogens is 2. The van der Waals surface area contributed by atoms with Gasteiger partial charge in [0.25, 0.3) is 14.4 Å². The molecule has 9 heteroatoms. The molecule has 7 nitrogen and oxygen atoms in total. The topological polar surface area (TPSA) is 101 Å². The zero-order valence-corrected chi connectivity index (χ0v) is 13.1. The Balaban J connectivity index is 2.18. The Morgan fingerprint density at radius 2 is 2.10 bits per heavy atom. The number of benzene rings is 1. The molecule has 0 saturated heterocycles. The zero-order chi connectivity index (χ0) is 15.5. The molecule has 0 fully saturated rings. The van der Waals surface area contributed by atoms with E-state index in [9.17, 15) is 13.2 Å². The first-order valence-electron chi connectivity index (χ1n) is 6.13. The lowest BCUT2D eigenvalue weighted by Gasteiger charge is -2.05. The van der Waals surface area contributed by atoms with Crippen molar-refractivity contribution in [1.29, 1.82) is 0 Å². The van der Waals surface area contributed by atoms with E-state index in [1.165, 1.54) is 0 Å². The van der Waals surface area contributed by atoms with Gasteiger partial charge in [-0.15, -0.1) is 10.2 Å². The predicted octanol–water partition coefficient (Wildman–Crippen LogP) is 2.00. The monoisotopic (exact) mass is 326 g/mol. The van der Waals surface area contributed by atoms with Crippen molar-refractivity contribution in [1.82, 2.24) is 10.2 Å². The molecule has 112 valence electrons. The van der Waals surface area contributed by atoms with Gasteiger partial charge in [0.15, 0.2) is 0 Å². The lowest BCUT2D eigenvalue weighted by Crippen LogP contribution is -2.12. The molecule has 0 bridgehead atoms. The molecule has 1 heterocycles. The summed E-state index contributed by atoms with van der Waals surface area (Å²) < 4.78 is 26.6. The molecule has 21 heavy (non-hydrogen) atoms. The summed E-state index contributed by atoms with van der Waals surface area (Å²) in [4.78, 5) is 11.2. The second-order valence-corrected chi connectivity index (χ2v) is 7.08. The molecular formula is C12H14N4O3S2. The van der Waals surface area contributed by atoms with Crippen LogP contribution in [0.25, 0.3) is 0 Å². The quantitative estimate of drug-likeness (QED) is 0.818. The Morgan fingerprint density at radius 3 is 2.76 bits per heavy atom. The number of rotatable bonds is 5. The third-order valence-corrected chi connectivity index (χ3v) is 5.06. The van der Waals surface area contributed by atoms with Gasteiger partial charge in [0.2, 0.25) is 11.0 Å². The summed E-state index contributed by atoms with van der Waals surface area (Å²) >= 11 is 0.802. The molecule has 1 aromatic carbocycles. The van der Waals surface area contributed by atoms with Crippen molar-refractivity contribution in [3.8, 4) is 0 Å². The van der Waals surface area contributed by atoms with E-state index < -0.39 is 10.0 Å². The summed E-state index contributed by atoms with van der Waals surface area (Å²) in [5, 5.41) is 9.87. The maximum atomic E-state index is 12.2. The lowest BCUT2D eigenvalue weighted by molar-refractivity contribution is -0.115. The molecule has 0 unspecified atom stereocenters. The van der Waals surface area contributed by atoms with Gasteiger partial charge < -0.3 is 5.32 Å². The van der Waals surface area contributed by atoms with Crippen molar-refractivity contribution in [2.75, 3.05) is 10.0 Å². The van der Waals surface area contributed by atoms with Crippen LogP contribution in [-0.4, -0.2) is 24.5 Å². The van der Waals surface area contributed by atoms with Crippen LogP contribution in [0.4, 0.5) is 10.8 Å². The molecule has 0 aliphatic carbocycles. The Bertz CT molecular complexity index is 755. The summed E-state index contributed by atoms with van der Waals surface area (Å²) in [6, 6.07) is 6.96. The van der Waals surface area contributed by atoms with Crippen LogP contribution >= 0.6 is 11.3 Å². The van der Waals surface area contributed by atoms with Gasteiger partial charge in [0.05, 0.1) is 0 Å². The van der Waals surface area contributed by atoms with Crippen molar-refractivity contribution in [2.45, 2.75) is 24.6 Å². The molecule has 2 N–H and O–H groups in total. The summed E-state index contributed by atoms with van der Waals surface area (Å²) in [6.07, 6.45) is 0.281. The van der Waals surface area contributed by atoms with Crippen molar-refractivity contribution >= 4 is 38.1 Å². The van der Waals surface area contributed by atoms with Crippen molar-refractivity contribution < 1.29 is 13.2 Å². The highest BCUT2D eigenvalue weighted by Crippen LogP contribution is 2.22. The number of carbonyl (C=O) groups is 1. The first kappa shape index (κ1) is 15.4. The molecule has 0 aliphatic rings. The fourth-order valence-electron chi connectivity index (χ4n) is 1.48. The van der Waals surface area contributed by atoms with E-state index in [0.717, 1.165) is 16.9 Å². The number of sulfonamides is 1. The first-order chi connectivity index (χ1) is 9.90. The van der Waals surface area contributed by atoms with Crippen molar-refractivity contribution in [2.24, 2.45) is 0 Å². The molecule has 0 atom stereocenters. The SMILES string of the molecule is CCC(=O)Nc1nnc(S(=O)(=O)Nc2cccc(C)c2)s1. The molecule has 0 aliphatic heterocycles. The molecule has 1 amide bonds. The van der Waals surface area contributed by atoms with Gasteiger partial charge in [0, 0.05) is 12.1 Å². The number of nitrogens with zero attached hydrogens (tertiary/aromatic N) is 2. The van der Waals surface area contributed by atoms with Crippen molar-refractivity contribution in [3.63, 3.8) is 0 Å². The number of amides is 1.